The average molecular weight is 503 g/mol. The second-order valence-corrected chi connectivity index (χ2v) is 8.83. The van der Waals surface area contributed by atoms with E-state index in [9.17, 15) is 24.0 Å². The molecular weight excluding hydrogens is 468 g/mol. The van der Waals surface area contributed by atoms with Gasteiger partial charge in [-0.15, -0.1) is 6.42 Å². The van der Waals surface area contributed by atoms with E-state index in [0.717, 1.165) is 0 Å². The van der Waals surface area contributed by atoms with Gasteiger partial charge in [-0.3, -0.25) is 19.2 Å². The van der Waals surface area contributed by atoms with Crippen molar-refractivity contribution in [2.24, 2.45) is 5.73 Å². The maximum atomic E-state index is 13.7. The van der Waals surface area contributed by atoms with E-state index in [1.54, 1.807) is 52.0 Å². The molecule has 0 heterocycles. The number of benzene rings is 1. The number of primary amides is 1. The van der Waals surface area contributed by atoms with E-state index in [-0.39, 0.29) is 6.54 Å². The molecule has 1 rings (SSSR count). The van der Waals surface area contributed by atoms with E-state index in [1.807, 2.05) is 0 Å². The molecule has 36 heavy (non-hydrogen) atoms. The Morgan fingerprint density at radius 3 is 2.33 bits per heavy atom. The lowest BCUT2D eigenvalue weighted by molar-refractivity contribution is -0.145. The standard InChI is InChI=1S/C25H34N4O7/c1-7-13-29(23(33)18(14-19(26)30)28-24(34)36-25(3,4)5)21(22(32)27-15-20(31)35-6)17-12-10-9-11-16(17)8-2/h2,9-12,18,21H,7,13-15H2,1,3-6H3,(H2,26,30)(H,27,32)(H,28,34). The Bertz CT molecular complexity index is 1010. The van der Waals surface area contributed by atoms with Gasteiger partial charge in [0.15, 0.2) is 0 Å². The normalized spacial score (nSPS) is 12.3. The van der Waals surface area contributed by atoms with Crippen molar-refractivity contribution in [2.45, 2.75) is 58.2 Å². The summed E-state index contributed by atoms with van der Waals surface area (Å²) in [4.78, 5) is 64.0. The molecule has 0 radical (unpaired) electrons. The van der Waals surface area contributed by atoms with Crippen molar-refractivity contribution in [1.82, 2.24) is 15.5 Å². The molecule has 1 aromatic carbocycles. The van der Waals surface area contributed by atoms with Gasteiger partial charge in [0.05, 0.1) is 13.5 Å². The zero-order chi connectivity index (χ0) is 27.5. The molecule has 0 fully saturated rings. The minimum Gasteiger partial charge on any atom is -0.468 e. The van der Waals surface area contributed by atoms with Gasteiger partial charge in [0.25, 0.3) is 0 Å². The molecule has 2 unspecified atom stereocenters. The predicted molar refractivity (Wildman–Crippen MR) is 131 cm³/mol. The Morgan fingerprint density at radius 2 is 1.81 bits per heavy atom. The SMILES string of the molecule is C#Cc1ccccc1C(C(=O)NCC(=O)OC)N(CCC)C(=O)C(CC(N)=O)NC(=O)OC(C)(C)C. The van der Waals surface area contributed by atoms with E-state index in [2.05, 4.69) is 21.3 Å². The number of nitrogens with two attached hydrogens (primary N) is 1. The smallest absolute Gasteiger partial charge is 0.408 e. The number of hydrogen-bond acceptors (Lipinski definition) is 7. The molecule has 0 aliphatic heterocycles. The van der Waals surface area contributed by atoms with Crippen LogP contribution in [0.15, 0.2) is 24.3 Å². The van der Waals surface area contributed by atoms with E-state index in [0.29, 0.717) is 17.5 Å². The van der Waals surface area contributed by atoms with Gasteiger partial charge in [-0.2, -0.15) is 0 Å². The van der Waals surface area contributed by atoms with Crippen molar-refractivity contribution >= 4 is 29.8 Å². The molecule has 0 aliphatic rings. The lowest BCUT2D eigenvalue weighted by Crippen LogP contribution is -2.54. The number of terminal acetylenes is 1. The van der Waals surface area contributed by atoms with Gasteiger partial charge in [0, 0.05) is 12.1 Å². The summed E-state index contributed by atoms with van der Waals surface area (Å²) in [6.45, 7) is 6.30. The molecule has 0 spiro atoms. The van der Waals surface area contributed by atoms with Crippen molar-refractivity contribution < 1.29 is 33.4 Å². The van der Waals surface area contributed by atoms with E-state index in [1.165, 1.54) is 12.0 Å². The Labute approximate surface area is 211 Å². The Balaban J connectivity index is 3.51. The van der Waals surface area contributed by atoms with Crippen LogP contribution in [-0.2, 0) is 28.7 Å². The molecule has 11 nitrogen and oxygen atoms in total. The quantitative estimate of drug-likeness (QED) is 0.301. The first-order valence-electron chi connectivity index (χ1n) is 11.3. The summed E-state index contributed by atoms with van der Waals surface area (Å²) < 4.78 is 9.79. The number of carbonyl (C=O) groups is 5. The van der Waals surface area contributed by atoms with Crippen molar-refractivity contribution in [3.8, 4) is 12.3 Å². The lowest BCUT2D eigenvalue weighted by atomic mass is 9.97. The summed E-state index contributed by atoms with van der Waals surface area (Å²) in [6, 6.07) is 3.80. The number of nitrogens with one attached hydrogen (secondary N) is 2. The molecule has 1 aromatic rings. The number of ether oxygens (including phenoxy) is 2. The highest BCUT2D eigenvalue weighted by Gasteiger charge is 2.37. The number of methoxy groups -OCH3 is 1. The van der Waals surface area contributed by atoms with Gasteiger partial charge in [0.2, 0.25) is 17.7 Å². The third-order valence-electron chi connectivity index (χ3n) is 4.75. The van der Waals surface area contributed by atoms with Gasteiger partial charge in [-0.1, -0.05) is 31.0 Å². The highest BCUT2D eigenvalue weighted by Crippen LogP contribution is 2.26. The fourth-order valence-electron chi connectivity index (χ4n) is 3.30. The van der Waals surface area contributed by atoms with E-state index < -0.39 is 60.4 Å². The average Bonchev–Trinajstić information content (AvgIpc) is 2.80. The van der Waals surface area contributed by atoms with Gasteiger partial charge < -0.3 is 30.7 Å². The topological polar surface area (TPSA) is 157 Å². The largest absolute Gasteiger partial charge is 0.468 e. The summed E-state index contributed by atoms with van der Waals surface area (Å²) in [6.07, 6.45) is 4.58. The zero-order valence-electron chi connectivity index (χ0n) is 21.3. The first kappa shape index (κ1) is 30.0. The molecule has 196 valence electrons. The summed E-state index contributed by atoms with van der Waals surface area (Å²) in [5.41, 5.74) is 5.14. The number of amides is 4. The zero-order valence-corrected chi connectivity index (χ0v) is 21.3. The lowest BCUT2D eigenvalue weighted by Gasteiger charge is -2.34. The van der Waals surface area contributed by atoms with Crippen LogP contribution in [0.1, 0.15) is 57.7 Å². The van der Waals surface area contributed by atoms with Crippen LogP contribution in [0.3, 0.4) is 0 Å². The number of hydrogen-bond donors (Lipinski definition) is 3. The summed E-state index contributed by atoms with van der Waals surface area (Å²) in [5, 5.41) is 4.83. The summed E-state index contributed by atoms with van der Waals surface area (Å²) in [5.74, 6) is -0.523. The Kier molecular flexibility index (Phi) is 11.4. The number of nitrogens with zero attached hydrogens (tertiary/aromatic N) is 1. The fourth-order valence-corrected chi connectivity index (χ4v) is 3.30. The fraction of sp³-hybridized carbons (Fsp3) is 0.480. The number of carbonyl (C=O) groups excluding carboxylic acids is 5. The molecule has 11 heteroatoms. The van der Waals surface area contributed by atoms with Crippen molar-refractivity contribution in [1.29, 1.82) is 0 Å². The van der Waals surface area contributed by atoms with Crippen molar-refractivity contribution in [3.63, 3.8) is 0 Å². The Hall–Kier alpha value is -4.07. The number of esters is 1. The van der Waals surface area contributed by atoms with Crippen LogP contribution in [0.25, 0.3) is 0 Å². The van der Waals surface area contributed by atoms with Crippen molar-refractivity contribution in [3.05, 3.63) is 35.4 Å². The third-order valence-corrected chi connectivity index (χ3v) is 4.75. The minimum absolute atomic E-state index is 0.0549. The molecule has 2 atom stereocenters. The van der Waals surface area contributed by atoms with Gasteiger partial charge in [-0.25, -0.2) is 4.79 Å². The van der Waals surface area contributed by atoms with E-state index in [4.69, 9.17) is 16.9 Å². The first-order valence-corrected chi connectivity index (χ1v) is 11.3. The molecule has 0 saturated heterocycles. The second kappa shape index (κ2) is 13.7. The van der Waals surface area contributed by atoms with Gasteiger partial charge in [-0.05, 0) is 38.8 Å². The van der Waals surface area contributed by atoms with Crippen molar-refractivity contribution in [2.75, 3.05) is 20.2 Å². The van der Waals surface area contributed by atoms with Crippen LogP contribution in [0.5, 0.6) is 0 Å². The summed E-state index contributed by atoms with van der Waals surface area (Å²) >= 11 is 0. The highest BCUT2D eigenvalue weighted by molar-refractivity contribution is 5.95. The van der Waals surface area contributed by atoms with Gasteiger partial charge in [0.1, 0.15) is 24.2 Å². The summed E-state index contributed by atoms with van der Waals surface area (Å²) in [7, 11) is 1.17. The van der Waals surface area contributed by atoms with Crippen LogP contribution < -0.4 is 16.4 Å². The number of rotatable bonds is 11. The molecule has 4 amide bonds. The highest BCUT2D eigenvalue weighted by atomic mass is 16.6. The molecular formula is C25H34N4O7. The first-order chi connectivity index (χ1) is 16.8. The monoisotopic (exact) mass is 502 g/mol. The van der Waals surface area contributed by atoms with Crippen LogP contribution in [-0.4, -0.2) is 66.5 Å². The molecule has 4 N–H and O–H groups in total. The molecule has 0 aliphatic carbocycles. The minimum atomic E-state index is -1.42. The van der Waals surface area contributed by atoms with Crippen LogP contribution in [0, 0.1) is 12.3 Å². The molecule has 0 bridgehead atoms. The maximum absolute atomic E-state index is 13.7. The van der Waals surface area contributed by atoms with Gasteiger partial charge >= 0.3 is 12.1 Å². The predicted octanol–water partition coefficient (Wildman–Crippen LogP) is 1.01. The molecule has 0 saturated carbocycles. The van der Waals surface area contributed by atoms with Crippen LogP contribution in [0.2, 0.25) is 0 Å². The molecule has 0 aromatic heterocycles. The van der Waals surface area contributed by atoms with Crippen LogP contribution >= 0.6 is 0 Å². The third kappa shape index (κ3) is 9.29. The number of alkyl carbamates (subject to hydrolysis) is 1. The second-order valence-electron chi connectivity index (χ2n) is 8.83. The maximum Gasteiger partial charge on any atom is 0.408 e. The van der Waals surface area contributed by atoms with Crippen LogP contribution in [0.4, 0.5) is 4.79 Å². The van der Waals surface area contributed by atoms with E-state index >= 15 is 0 Å². The Morgan fingerprint density at radius 1 is 1.17 bits per heavy atom.